The molecule has 0 unspecified atom stereocenters. The zero-order valence-corrected chi connectivity index (χ0v) is 27.9. The number of likely N-dealkylation sites (N-methyl/N-ethyl adjacent to an activating group) is 1. The number of carboxylic acid groups (broad SMARTS) is 1. The van der Waals surface area contributed by atoms with Crippen LogP contribution in [0.4, 0.5) is 13.2 Å². The topological polar surface area (TPSA) is 109 Å². The van der Waals surface area contributed by atoms with Crippen LogP contribution in [0.1, 0.15) is 67.2 Å². The molecule has 3 aromatic carbocycles. The lowest BCUT2D eigenvalue weighted by atomic mass is 10.0. The standard InChI is InChI=1S/C36H40F3N5O2.CH2O2/c1-4-32-35(46)40-34(31-22-30(31)28-10-8-7-9-11-28)44(41-32)24-33(45)43(21-20-42(5-2)6-3)23-25-12-14-26(15-13-25)27-16-18-29(19-17-27)36(37,38)39;2-1-3/h7-19,30-31H,4-6,20-24H2,1-3H3;1H,(H,2,3)/t30-,31+;/m1./s1. The van der Waals surface area contributed by atoms with Crippen LogP contribution < -0.4 is 5.56 Å². The van der Waals surface area contributed by atoms with E-state index in [-0.39, 0.29) is 36.3 Å². The van der Waals surface area contributed by atoms with Crippen LogP contribution in [0.3, 0.4) is 0 Å². The van der Waals surface area contributed by atoms with Crippen molar-refractivity contribution in [3.63, 3.8) is 0 Å². The van der Waals surface area contributed by atoms with Crippen LogP contribution in [-0.4, -0.2) is 68.2 Å². The van der Waals surface area contributed by atoms with Gasteiger partial charge in [-0.15, -0.1) is 0 Å². The second-order valence-electron chi connectivity index (χ2n) is 11.8. The smallest absolute Gasteiger partial charge is 0.416 e. The first kappa shape index (κ1) is 37.0. The maximum Gasteiger partial charge on any atom is 0.416 e. The van der Waals surface area contributed by atoms with Crippen molar-refractivity contribution >= 4 is 12.4 Å². The lowest BCUT2D eigenvalue weighted by Gasteiger charge is -2.27. The van der Waals surface area contributed by atoms with Gasteiger partial charge in [0.15, 0.2) is 0 Å². The summed E-state index contributed by atoms with van der Waals surface area (Å²) < 4.78 is 40.7. The van der Waals surface area contributed by atoms with E-state index >= 15 is 0 Å². The molecule has 1 aliphatic rings. The molecule has 1 heterocycles. The molecule has 2 atom stereocenters. The SMILES string of the molecule is CCc1nn(CC(=O)N(CCN(CC)CC)Cc2ccc(-c3ccc(C(F)(F)F)cc3)cc2)c([C@H]2C[C@@H]2c2ccccc2)nc1=O.O=CO. The van der Waals surface area contributed by atoms with Crippen molar-refractivity contribution < 1.29 is 27.9 Å². The summed E-state index contributed by atoms with van der Waals surface area (Å²) in [4.78, 5) is 43.6. The molecule has 0 aliphatic heterocycles. The number of nitrogens with zero attached hydrogens (tertiary/aromatic N) is 5. The van der Waals surface area contributed by atoms with Crippen LogP contribution in [-0.2, 0) is 35.3 Å². The van der Waals surface area contributed by atoms with Crippen LogP contribution in [0, 0.1) is 0 Å². The maximum atomic E-state index is 14.0. The van der Waals surface area contributed by atoms with Crippen LogP contribution >= 0.6 is 0 Å². The molecular formula is C37H42F3N5O4. The molecule has 1 aliphatic carbocycles. The number of hydrogen-bond donors (Lipinski definition) is 1. The fourth-order valence-corrected chi connectivity index (χ4v) is 5.82. The first-order valence-corrected chi connectivity index (χ1v) is 16.4. The summed E-state index contributed by atoms with van der Waals surface area (Å²) in [5.41, 5.74) is 2.85. The Morgan fingerprint density at radius 2 is 1.51 bits per heavy atom. The van der Waals surface area contributed by atoms with Crippen LogP contribution in [0.25, 0.3) is 11.1 Å². The number of carbonyl (C=O) groups is 2. The van der Waals surface area contributed by atoms with E-state index in [1.165, 1.54) is 17.7 Å². The number of aromatic nitrogens is 3. The predicted octanol–water partition coefficient (Wildman–Crippen LogP) is 6.23. The van der Waals surface area contributed by atoms with Gasteiger partial charge in [0.2, 0.25) is 5.91 Å². The highest BCUT2D eigenvalue weighted by Gasteiger charge is 2.43. The lowest BCUT2D eigenvalue weighted by Crippen LogP contribution is -2.41. The largest absolute Gasteiger partial charge is 0.483 e. The van der Waals surface area contributed by atoms with Gasteiger partial charge in [0, 0.05) is 25.6 Å². The van der Waals surface area contributed by atoms with Gasteiger partial charge in [-0.05, 0) is 66.2 Å². The molecule has 0 saturated heterocycles. The number of rotatable bonds is 13. The Morgan fingerprint density at radius 3 is 2.06 bits per heavy atom. The van der Waals surface area contributed by atoms with E-state index in [0.717, 1.165) is 42.8 Å². The Balaban J connectivity index is 0.00000174. The highest BCUT2D eigenvalue weighted by molar-refractivity contribution is 5.76. The minimum atomic E-state index is -4.38. The van der Waals surface area contributed by atoms with E-state index in [9.17, 15) is 22.8 Å². The van der Waals surface area contributed by atoms with E-state index in [0.29, 0.717) is 43.1 Å². The van der Waals surface area contributed by atoms with Crippen LogP contribution in [0.5, 0.6) is 0 Å². The Hall–Kier alpha value is -4.84. The van der Waals surface area contributed by atoms with Gasteiger partial charge in [0.05, 0.1) is 5.56 Å². The Kier molecular flexibility index (Phi) is 12.8. The van der Waals surface area contributed by atoms with Crippen molar-refractivity contribution in [3.8, 4) is 11.1 Å². The number of aryl methyl sites for hydroxylation is 1. The van der Waals surface area contributed by atoms with Gasteiger partial charge in [-0.3, -0.25) is 14.4 Å². The molecule has 0 spiro atoms. The fourth-order valence-electron chi connectivity index (χ4n) is 5.82. The molecule has 1 amide bonds. The van der Waals surface area contributed by atoms with Gasteiger partial charge in [-0.2, -0.15) is 23.3 Å². The summed E-state index contributed by atoms with van der Waals surface area (Å²) in [5.74, 6) is 0.667. The van der Waals surface area contributed by atoms with E-state index in [1.54, 1.807) is 4.68 Å². The van der Waals surface area contributed by atoms with Gasteiger partial charge >= 0.3 is 6.18 Å². The van der Waals surface area contributed by atoms with E-state index in [1.807, 2.05) is 54.3 Å². The molecule has 1 N–H and O–H groups in total. The van der Waals surface area contributed by atoms with E-state index in [4.69, 9.17) is 9.90 Å². The normalized spacial score (nSPS) is 15.3. The van der Waals surface area contributed by atoms with Crippen molar-refractivity contribution in [1.82, 2.24) is 24.6 Å². The molecule has 1 fully saturated rings. The molecule has 4 aromatic rings. The molecule has 260 valence electrons. The Bertz CT molecular complexity index is 1720. The molecular weight excluding hydrogens is 635 g/mol. The molecule has 9 nitrogen and oxygen atoms in total. The zero-order valence-electron chi connectivity index (χ0n) is 27.9. The second kappa shape index (κ2) is 17.0. The predicted molar refractivity (Wildman–Crippen MR) is 181 cm³/mol. The monoisotopic (exact) mass is 677 g/mol. The van der Waals surface area contributed by atoms with Crippen molar-refractivity contribution in [2.45, 2.75) is 64.7 Å². The van der Waals surface area contributed by atoms with Crippen LogP contribution in [0.2, 0.25) is 0 Å². The highest BCUT2D eigenvalue weighted by atomic mass is 19.4. The first-order valence-electron chi connectivity index (χ1n) is 16.4. The highest BCUT2D eigenvalue weighted by Crippen LogP contribution is 2.53. The Labute approximate surface area is 284 Å². The Morgan fingerprint density at radius 1 is 0.918 bits per heavy atom. The molecule has 5 rings (SSSR count). The van der Waals surface area contributed by atoms with Gasteiger partial charge in [-0.1, -0.05) is 87.5 Å². The molecule has 1 saturated carbocycles. The van der Waals surface area contributed by atoms with Gasteiger partial charge in [-0.25, -0.2) is 4.68 Å². The summed E-state index contributed by atoms with van der Waals surface area (Å²) in [7, 11) is 0. The number of hydrogen-bond acceptors (Lipinski definition) is 6. The summed E-state index contributed by atoms with van der Waals surface area (Å²) in [5, 5.41) is 11.5. The number of benzene rings is 3. The molecule has 49 heavy (non-hydrogen) atoms. The van der Waals surface area contributed by atoms with Crippen molar-refractivity contribution in [2.75, 3.05) is 26.2 Å². The maximum absolute atomic E-state index is 14.0. The minimum Gasteiger partial charge on any atom is -0.483 e. The molecule has 1 aromatic heterocycles. The molecule has 0 radical (unpaired) electrons. The van der Waals surface area contributed by atoms with Crippen molar-refractivity contribution in [2.24, 2.45) is 0 Å². The molecule has 0 bridgehead atoms. The summed E-state index contributed by atoms with van der Waals surface area (Å²) in [6.07, 6.45) is -3.12. The third-order valence-corrected chi connectivity index (χ3v) is 8.74. The van der Waals surface area contributed by atoms with E-state index in [2.05, 4.69) is 41.0 Å². The van der Waals surface area contributed by atoms with Gasteiger partial charge < -0.3 is 14.9 Å². The quantitative estimate of drug-likeness (QED) is 0.167. The number of alkyl halides is 3. The average Bonchev–Trinajstić information content (AvgIpc) is 3.90. The van der Waals surface area contributed by atoms with E-state index < -0.39 is 11.7 Å². The minimum absolute atomic E-state index is 0.0168. The average molecular weight is 678 g/mol. The van der Waals surface area contributed by atoms with Crippen molar-refractivity contribution in [1.29, 1.82) is 0 Å². The third kappa shape index (κ3) is 9.85. The number of carbonyl (C=O) groups excluding carboxylic acids is 1. The lowest BCUT2D eigenvalue weighted by molar-refractivity contribution is -0.137. The second-order valence-corrected chi connectivity index (χ2v) is 11.8. The fraction of sp³-hybridized carbons (Fsp3) is 0.378. The number of halogens is 3. The summed E-state index contributed by atoms with van der Waals surface area (Å²) in [6.45, 7) is 9.02. The number of amides is 1. The van der Waals surface area contributed by atoms with Gasteiger partial charge in [0.25, 0.3) is 12.0 Å². The third-order valence-electron chi connectivity index (χ3n) is 8.74. The summed E-state index contributed by atoms with van der Waals surface area (Å²) in [6, 6.07) is 22.7. The molecule has 12 heteroatoms. The van der Waals surface area contributed by atoms with Crippen LogP contribution in [0.15, 0.2) is 83.7 Å². The summed E-state index contributed by atoms with van der Waals surface area (Å²) >= 11 is 0. The first-order chi connectivity index (χ1) is 23.5. The zero-order chi connectivity index (χ0) is 35.6. The van der Waals surface area contributed by atoms with Crippen molar-refractivity contribution in [3.05, 3.63) is 117 Å². The van der Waals surface area contributed by atoms with Gasteiger partial charge in [0.1, 0.15) is 18.1 Å².